The Morgan fingerprint density at radius 1 is 1.44 bits per heavy atom. The van der Waals surface area contributed by atoms with Crippen molar-refractivity contribution < 1.29 is 4.79 Å². The highest BCUT2D eigenvalue weighted by Gasteiger charge is 2.10. The van der Waals surface area contributed by atoms with Gasteiger partial charge in [0.1, 0.15) is 0 Å². The van der Waals surface area contributed by atoms with E-state index in [9.17, 15) is 4.79 Å². The molecular formula is C13H21BrN2OS. The van der Waals surface area contributed by atoms with E-state index in [2.05, 4.69) is 52.7 Å². The standard InChI is InChI=1S/C13H21BrN2OS/c1-9(2)8-16-12(17)4-6-15-10(3)13-11(14)5-7-18-13/h5,7,9-10,15H,4,6,8H2,1-3H3,(H,16,17). The lowest BCUT2D eigenvalue weighted by Gasteiger charge is -2.13. The summed E-state index contributed by atoms with van der Waals surface area (Å²) in [6.07, 6.45) is 0.528. The molecule has 0 aliphatic carbocycles. The Balaban J connectivity index is 2.22. The summed E-state index contributed by atoms with van der Waals surface area (Å²) in [5, 5.41) is 8.34. The molecule has 1 rings (SSSR count). The highest BCUT2D eigenvalue weighted by Crippen LogP contribution is 2.28. The van der Waals surface area contributed by atoms with Crippen LogP contribution in [0.1, 0.15) is 38.1 Å². The molecule has 1 unspecified atom stereocenters. The van der Waals surface area contributed by atoms with Crippen LogP contribution >= 0.6 is 27.3 Å². The van der Waals surface area contributed by atoms with Crippen LogP contribution in [0.4, 0.5) is 0 Å². The first-order valence-electron chi connectivity index (χ1n) is 6.23. The Morgan fingerprint density at radius 2 is 2.17 bits per heavy atom. The second-order valence-corrected chi connectivity index (χ2v) is 6.56. The Hall–Kier alpha value is -0.390. The first kappa shape index (κ1) is 15.7. The molecule has 1 aromatic heterocycles. The molecule has 0 aliphatic rings. The molecular weight excluding hydrogens is 312 g/mol. The van der Waals surface area contributed by atoms with Crippen molar-refractivity contribution in [1.82, 2.24) is 10.6 Å². The van der Waals surface area contributed by atoms with E-state index >= 15 is 0 Å². The number of nitrogens with one attached hydrogen (secondary N) is 2. The lowest BCUT2D eigenvalue weighted by Crippen LogP contribution is -2.31. The maximum absolute atomic E-state index is 11.5. The fourth-order valence-corrected chi connectivity index (χ4v) is 3.27. The molecule has 0 saturated heterocycles. The summed E-state index contributed by atoms with van der Waals surface area (Å²) < 4.78 is 1.14. The zero-order chi connectivity index (χ0) is 13.5. The summed E-state index contributed by atoms with van der Waals surface area (Å²) in [4.78, 5) is 12.8. The van der Waals surface area contributed by atoms with Gasteiger partial charge >= 0.3 is 0 Å². The number of amides is 1. The molecule has 1 amide bonds. The summed E-state index contributed by atoms with van der Waals surface area (Å²) in [5.74, 6) is 0.622. The lowest BCUT2D eigenvalue weighted by molar-refractivity contribution is -0.121. The molecule has 102 valence electrons. The first-order chi connectivity index (χ1) is 8.50. The van der Waals surface area contributed by atoms with Crippen LogP contribution in [0.2, 0.25) is 0 Å². The maximum Gasteiger partial charge on any atom is 0.221 e. The van der Waals surface area contributed by atoms with E-state index < -0.39 is 0 Å². The van der Waals surface area contributed by atoms with Crippen LogP contribution in [0.15, 0.2) is 15.9 Å². The van der Waals surface area contributed by atoms with E-state index in [1.165, 1.54) is 4.88 Å². The van der Waals surface area contributed by atoms with E-state index in [0.29, 0.717) is 18.9 Å². The van der Waals surface area contributed by atoms with E-state index in [-0.39, 0.29) is 11.9 Å². The first-order valence-corrected chi connectivity index (χ1v) is 7.91. The van der Waals surface area contributed by atoms with Crippen molar-refractivity contribution in [1.29, 1.82) is 0 Å². The molecule has 18 heavy (non-hydrogen) atoms. The Labute approximate surface area is 121 Å². The normalized spacial score (nSPS) is 12.7. The molecule has 1 heterocycles. The highest BCUT2D eigenvalue weighted by atomic mass is 79.9. The van der Waals surface area contributed by atoms with Crippen LogP contribution < -0.4 is 10.6 Å². The molecule has 1 aromatic rings. The molecule has 0 radical (unpaired) electrons. The number of hydrogen-bond donors (Lipinski definition) is 2. The quantitative estimate of drug-likeness (QED) is 0.804. The topological polar surface area (TPSA) is 41.1 Å². The lowest BCUT2D eigenvalue weighted by atomic mass is 10.2. The molecule has 0 bridgehead atoms. The van der Waals surface area contributed by atoms with Gasteiger partial charge in [-0.1, -0.05) is 13.8 Å². The molecule has 0 spiro atoms. The summed E-state index contributed by atoms with van der Waals surface area (Å²) >= 11 is 5.24. The summed E-state index contributed by atoms with van der Waals surface area (Å²) in [6.45, 7) is 7.76. The molecule has 0 fully saturated rings. The molecule has 1 atom stereocenters. The van der Waals surface area contributed by atoms with Gasteiger partial charge in [0.15, 0.2) is 0 Å². The number of carbonyl (C=O) groups is 1. The zero-order valence-electron chi connectivity index (χ0n) is 11.1. The average Bonchev–Trinajstić information content (AvgIpc) is 2.72. The minimum atomic E-state index is 0.119. The second-order valence-electron chi connectivity index (χ2n) is 4.76. The van der Waals surface area contributed by atoms with Crippen molar-refractivity contribution in [2.75, 3.05) is 13.1 Å². The van der Waals surface area contributed by atoms with Gasteiger partial charge in [0.25, 0.3) is 0 Å². The van der Waals surface area contributed by atoms with E-state index in [0.717, 1.165) is 11.0 Å². The Kier molecular flexibility index (Phi) is 6.89. The van der Waals surface area contributed by atoms with Crippen LogP contribution in [0.25, 0.3) is 0 Å². The van der Waals surface area contributed by atoms with Gasteiger partial charge in [-0.25, -0.2) is 0 Å². The van der Waals surface area contributed by atoms with Gasteiger partial charge in [0, 0.05) is 34.9 Å². The second kappa shape index (κ2) is 7.92. The van der Waals surface area contributed by atoms with Gasteiger partial charge in [0.05, 0.1) is 0 Å². The third-order valence-corrected chi connectivity index (χ3v) is 4.60. The molecule has 5 heteroatoms. The van der Waals surface area contributed by atoms with Crippen molar-refractivity contribution in [3.05, 3.63) is 20.8 Å². The summed E-state index contributed by atoms with van der Waals surface area (Å²) in [5.41, 5.74) is 0. The number of rotatable bonds is 7. The maximum atomic E-state index is 11.5. The van der Waals surface area contributed by atoms with Crippen LogP contribution in [0.5, 0.6) is 0 Å². The number of halogens is 1. The Bertz CT molecular complexity index is 379. The smallest absolute Gasteiger partial charge is 0.221 e. The van der Waals surface area contributed by atoms with Crippen molar-refractivity contribution in [3.8, 4) is 0 Å². The van der Waals surface area contributed by atoms with Crippen LogP contribution in [-0.2, 0) is 4.79 Å². The van der Waals surface area contributed by atoms with Crippen LogP contribution in [-0.4, -0.2) is 19.0 Å². The highest BCUT2D eigenvalue weighted by molar-refractivity contribution is 9.10. The van der Waals surface area contributed by atoms with Crippen molar-refractivity contribution >= 4 is 33.2 Å². The fraction of sp³-hybridized carbons (Fsp3) is 0.615. The van der Waals surface area contributed by atoms with Gasteiger partial charge in [-0.15, -0.1) is 11.3 Å². The summed E-state index contributed by atoms with van der Waals surface area (Å²) in [6, 6.07) is 2.32. The molecule has 0 aromatic carbocycles. The molecule has 2 N–H and O–H groups in total. The largest absolute Gasteiger partial charge is 0.356 e. The van der Waals surface area contributed by atoms with Crippen molar-refractivity contribution in [2.45, 2.75) is 33.2 Å². The predicted octanol–water partition coefficient (Wildman–Crippen LogP) is 3.32. The van der Waals surface area contributed by atoms with E-state index in [1.54, 1.807) is 11.3 Å². The number of thiophene rings is 1. The van der Waals surface area contributed by atoms with Gasteiger partial charge < -0.3 is 10.6 Å². The van der Waals surface area contributed by atoms with Crippen LogP contribution in [0, 0.1) is 5.92 Å². The molecule has 0 saturated carbocycles. The third-order valence-electron chi connectivity index (χ3n) is 2.55. The van der Waals surface area contributed by atoms with Gasteiger partial charge in [-0.05, 0) is 40.2 Å². The fourth-order valence-electron chi connectivity index (χ4n) is 1.52. The SMILES string of the molecule is CC(C)CNC(=O)CCNC(C)c1sccc1Br. The average molecular weight is 333 g/mol. The third kappa shape index (κ3) is 5.50. The van der Waals surface area contributed by atoms with Crippen molar-refractivity contribution in [2.24, 2.45) is 5.92 Å². The van der Waals surface area contributed by atoms with Gasteiger partial charge in [-0.3, -0.25) is 4.79 Å². The van der Waals surface area contributed by atoms with Gasteiger partial charge in [0.2, 0.25) is 5.91 Å². The predicted molar refractivity (Wildman–Crippen MR) is 80.9 cm³/mol. The molecule has 3 nitrogen and oxygen atoms in total. The number of hydrogen-bond acceptors (Lipinski definition) is 3. The van der Waals surface area contributed by atoms with E-state index in [4.69, 9.17) is 0 Å². The van der Waals surface area contributed by atoms with Crippen molar-refractivity contribution in [3.63, 3.8) is 0 Å². The van der Waals surface area contributed by atoms with E-state index in [1.807, 2.05) is 6.07 Å². The minimum Gasteiger partial charge on any atom is -0.356 e. The van der Waals surface area contributed by atoms with Gasteiger partial charge in [-0.2, -0.15) is 0 Å². The molecule has 0 aliphatic heterocycles. The minimum absolute atomic E-state index is 0.119. The Morgan fingerprint density at radius 3 is 2.72 bits per heavy atom. The summed E-state index contributed by atoms with van der Waals surface area (Å²) in [7, 11) is 0. The number of carbonyl (C=O) groups excluding carboxylic acids is 1. The monoisotopic (exact) mass is 332 g/mol. The zero-order valence-corrected chi connectivity index (χ0v) is 13.5. The van der Waals surface area contributed by atoms with Crippen LogP contribution in [0.3, 0.4) is 0 Å².